The zero-order valence-electron chi connectivity index (χ0n) is 16.6. The number of thiazole rings is 1. The second-order valence-corrected chi connectivity index (χ2v) is 8.41. The molecule has 4 heteroatoms. The first-order valence-corrected chi connectivity index (χ1v) is 11.0. The van der Waals surface area contributed by atoms with E-state index in [0.29, 0.717) is 0 Å². The molecule has 0 spiro atoms. The number of rotatable bonds is 4. The van der Waals surface area contributed by atoms with Crippen LogP contribution < -0.4 is 5.32 Å². The first-order valence-electron chi connectivity index (χ1n) is 10.1. The summed E-state index contributed by atoms with van der Waals surface area (Å²) < 4.78 is 7.33. The highest BCUT2D eigenvalue weighted by Gasteiger charge is 2.11. The van der Waals surface area contributed by atoms with Crippen LogP contribution >= 0.6 is 11.3 Å². The average Bonchev–Trinajstić information content (AvgIpc) is 3.46. The molecular formula is C27H18N2OS. The Hall–Kier alpha value is -3.89. The van der Waals surface area contributed by atoms with E-state index in [2.05, 4.69) is 72.0 Å². The lowest BCUT2D eigenvalue weighted by Gasteiger charge is -2.13. The van der Waals surface area contributed by atoms with Gasteiger partial charge in [-0.05, 0) is 66.7 Å². The highest BCUT2D eigenvalue weighted by molar-refractivity contribution is 7.21. The summed E-state index contributed by atoms with van der Waals surface area (Å²) >= 11 is 1.72. The highest BCUT2D eigenvalue weighted by Crippen LogP contribution is 2.35. The molecule has 6 rings (SSSR count). The summed E-state index contributed by atoms with van der Waals surface area (Å²) in [6.45, 7) is 0. The Bertz CT molecular complexity index is 1430. The maximum Gasteiger partial charge on any atom is 0.136 e. The highest BCUT2D eigenvalue weighted by atomic mass is 32.1. The molecule has 1 N–H and O–H groups in total. The van der Waals surface area contributed by atoms with Crippen molar-refractivity contribution in [1.82, 2.24) is 4.98 Å². The Balaban J connectivity index is 1.30. The Morgan fingerprint density at radius 2 is 1.45 bits per heavy atom. The zero-order valence-corrected chi connectivity index (χ0v) is 17.4. The molecule has 1 aromatic heterocycles. The van der Waals surface area contributed by atoms with Crippen molar-refractivity contribution in [2.24, 2.45) is 0 Å². The van der Waals surface area contributed by atoms with Gasteiger partial charge in [-0.2, -0.15) is 0 Å². The number of nitrogens with one attached hydrogen (secondary N) is 1. The first-order chi connectivity index (χ1) is 15.3. The summed E-state index contributed by atoms with van der Waals surface area (Å²) in [4.78, 5) is 4.76. The van der Waals surface area contributed by atoms with Crippen LogP contribution in [-0.4, -0.2) is 4.98 Å². The first kappa shape index (κ1) is 17.9. The van der Waals surface area contributed by atoms with Gasteiger partial charge < -0.3 is 9.73 Å². The van der Waals surface area contributed by atoms with Gasteiger partial charge in [0.25, 0.3) is 0 Å². The minimum Gasteiger partial charge on any atom is -0.456 e. The van der Waals surface area contributed by atoms with Crippen molar-refractivity contribution in [3.63, 3.8) is 0 Å². The molecule has 0 saturated heterocycles. The van der Waals surface area contributed by atoms with Crippen LogP contribution in [0.5, 0.6) is 0 Å². The second kappa shape index (κ2) is 7.42. The fraction of sp³-hybridized carbons (Fsp3) is 0. The lowest BCUT2D eigenvalue weighted by Crippen LogP contribution is -1.93. The smallest absolute Gasteiger partial charge is 0.136 e. The zero-order chi connectivity index (χ0) is 20.6. The minimum absolute atomic E-state index is 0.841. The molecule has 0 atom stereocenters. The van der Waals surface area contributed by atoms with E-state index in [-0.39, 0.29) is 0 Å². The van der Waals surface area contributed by atoms with Crippen LogP contribution in [0.4, 0.5) is 11.4 Å². The maximum atomic E-state index is 6.13. The fourth-order valence-electron chi connectivity index (χ4n) is 3.77. The number of hydrogen-bond donors (Lipinski definition) is 1. The summed E-state index contributed by atoms with van der Waals surface area (Å²) in [5.41, 5.74) is 6.33. The van der Waals surface area contributed by atoms with Crippen molar-refractivity contribution in [3.8, 4) is 33.2 Å². The number of para-hydroxylation sites is 2. The van der Waals surface area contributed by atoms with E-state index in [9.17, 15) is 0 Å². The van der Waals surface area contributed by atoms with Crippen LogP contribution in [0.15, 0.2) is 108 Å². The van der Waals surface area contributed by atoms with Gasteiger partial charge in [0.1, 0.15) is 16.5 Å². The quantitative estimate of drug-likeness (QED) is 0.314. The van der Waals surface area contributed by atoms with Gasteiger partial charge >= 0.3 is 0 Å². The van der Waals surface area contributed by atoms with E-state index < -0.39 is 0 Å². The van der Waals surface area contributed by atoms with Crippen LogP contribution in [0.1, 0.15) is 0 Å². The largest absolute Gasteiger partial charge is 0.456 e. The molecule has 148 valence electrons. The molecule has 2 aliphatic rings. The molecule has 3 nitrogen and oxygen atoms in total. The van der Waals surface area contributed by atoms with Crippen molar-refractivity contribution in [2.45, 2.75) is 0 Å². The maximum absolute atomic E-state index is 6.13. The molecule has 4 aromatic rings. The van der Waals surface area contributed by atoms with Crippen LogP contribution in [-0.2, 0) is 0 Å². The van der Waals surface area contributed by atoms with Gasteiger partial charge in [0.15, 0.2) is 0 Å². The van der Waals surface area contributed by atoms with Crippen molar-refractivity contribution in [3.05, 3.63) is 103 Å². The van der Waals surface area contributed by atoms with Gasteiger partial charge in [0.05, 0.1) is 10.2 Å². The van der Waals surface area contributed by atoms with Gasteiger partial charge in [-0.15, -0.1) is 11.3 Å². The summed E-state index contributed by atoms with van der Waals surface area (Å²) in [5, 5.41) is 4.58. The summed E-state index contributed by atoms with van der Waals surface area (Å²) in [5.74, 6) is 1.74. The third-order valence-electron chi connectivity index (χ3n) is 5.34. The van der Waals surface area contributed by atoms with Crippen molar-refractivity contribution < 1.29 is 4.42 Å². The van der Waals surface area contributed by atoms with Gasteiger partial charge in [-0.25, -0.2) is 4.98 Å². The Labute approximate surface area is 184 Å². The lowest BCUT2D eigenvalue weighted by molar-refractivity contribution is 0.583. The van der Waals surface area contributed by atoms with Crippen LogP contribution in [0.3, 0.4) is 0 Å². The minimum atomic E-state index is 0.841. The second-order valence-electron chi connectivity index (χ2n) is 7.38. The predicted octanol–water partition coefficient (Wildman–Crippen LogP) is 8.07. The molecule has 3 aromatic carbocycles. The average molecular weight is 419 g/mol. The molecule has 1 aliphatic carbocycles. The fourth-order valence-corrected chi connectivity index (χ4v) is 4.74. The number of fused-ring (bicyclic) bond motifs is 2. The molecule has 0 fully saturated rings. The molecular weight excluding hydrogens is 400 g/mol. The number of benzene rings is 3. The van der Waals surface area contributed by atoms with Gasteiger partial charge in [0.2, 0.25) is 0 Å². The third-order valence-corrected chi connectivity index (χ3v) is 6.42. The standard InChI is InChI=1S/C27H18N2OS/c1-2-8-22(21(7-1)25-17-14-18-6-5-10-24(18)30-25)28-20-15-12-19(13-16-20)27-29-23-9-3-4-11-26(23)31-27/h1-17,28H. The topological polar surface area (TPSA) is 38.1 Å². The monoisotopic (exact) mass is 418 g/mol. The van der Waals surface area contributed by atoms with E-state index in [1.807, 2.05) is 36.4 Å². The van der Waals surface area contributed by atoms with Crippen molar-refractivity contribution in [1.29, 1.82) is 0 Å². The van der Waals surface area contributed by atoms with E-state index >= 15 is 0 Å². The number of aromatic nitrogens is 1. The normalized spacial score (nSPS) is 11.2. The third kappa shape index (κ3) is 3.37. The molecule has 1 aliphatic heterocycles. The van der Waals surface area contributed by atoms with E-state index in [4.69, 9.17) is 9.40 Å². The van der Waals surface area contributed by atoms with E-state index in [1.54, 1.807) is 11.3 Å². The molecule has 0 radical (unpaired) electrons. The molecule has 0 unspecified atom stereocenters. The Morgan fingerprint density at radius 3 is 2.35 bits per heavy atom. The van der Waals surface area contributed by atoms with Gasteiger partial charge in [-0.1, -0.05) is 36.4 Å². The summed E-state index contributed by atoms with van der Waals surface area (Å²) in [6.07, 6.45) is 0. The molecule has 0 amide bonds. The van der Waals surface area contributed by atoms with Crippen molar-refractivity contribution in [2.75, 3.05) is 5.32 Å². The SMILES string of the molecule is c1cc2ccc(-c3ccccc3Nc3ccc(-c4nc5ccccc5s4)cc3)oc-2c1. The summed E-state index contributed by atoms with van der Waals surface area (Å²) in [6, 6.07) is 35.0. The Morgan fingerprint density at radius 1 is 0.645 bits per heavy atom. The molecule has 2 heterocycles. The summed E-state index contributed by atoms with van der Waals surface area (Å²) in [7, 11) is 0. The van der Waals surface area contributed by atoms with E-state index in [0.717, 1.165) is 50.1 Å². The van der Waals surface area contributed by atoms with Crippen LogP contribution in [0, 0.1) is 0 Å². The molecule has 0 saturated carbocycles. The van der Waals surface area contributed by atoms with Gasteiger partial charge in [0, 0.05) is 28.1 Å². The molecule has 31 heavy (non-hydrogen) atoms. The van der Waals surface area contributed by atoms with E-state index in [1.165, 1.54) is 4.70 Å². The Kier molecular flexibility index (Phi) is 4.29. The number of hydrogen-bond acceptors (Lipinski definition) is 4. The predicted molar refractivity (Wildman–Crippen MR) is 129 cm³/mol. The number of anilines is 2. The van der Waals surface area contributed by atoms with Crippen LogP contribution in [0.2, 0.25) is 0 Å². The molecule has 0 bridgehead atoms. The van der Waals surface area contributed by atoms with Crippen molar-refractivity contribution >= 4 is 32.9 Å². The number of nitrogens with zero attached hydrogens (tertiary/aromatic N) is 1. The lowest BCUT2D eigenvalue weighted by atomic mass is 10.1. The van der Waals surface area contributed by atoms with Crippen LogP contribution in [0.25, 0.3) is 43.4 Å². The van der Waals surface area contributed by atoms with Gasteiger partial charge in [-0.3, -0.25) is 0 Å².